The zero-order valence-corrected chi connectivity index (χ0v) is 18.3. The van der Waals surface area contributed by atoms with E-state index < -0.39 is 0 Å². The van der Waals surface area contributed by atoms with Crippen LogP contribution >= 0.6 is 11.6 Å². The molecule has 3 heterocycles. The maximum absolute atomic E-state index is 13.0. The standard InChI is InChI=1S/C24H20ClN5O2/c1-13-7-22(26)30-14(2)19(13)12-29-24(32)16-5-6-27-21(10-16)23(31)15-3-4-20-17(8-15)9-18(25)11-28-20/h3-11H,12H2,1-2H3,(H2,26,30)(H,29,32). The number of halogens is 1. The maximum Gasteiger partial charge on any atom is 0.251 e. The van der Waals surface area contributed by atoms with Gasteiger partial charge in [0.25, 0.3) is 5.91 Å². The number of amides is 1. The topological polar surface area (TPSA) is 111 Å². The van der Waals surface area contributed by atoms with Crippen molar-refractivity contribution >= 4 is 40.0 Å². The van der Waals surface area contributed by atoms with Crippen molar-refractivity contribution in [2.75, 3.05) is 5.73 Å². The molecule has 4 rings (SSSR count). The van der Waals surface area contributed by atoms with Gasteiger partial charge in [-0.25, -0.2) is 4.98 Å². The number of hydrogen-bond donors (Lipinski definition) is 2. The number of carbonyl (C=O) groups excluding carboxylic acids is 2. The van der Waals surface area contributed by atoms with Gasteiger partial charge in [-0.2, -0.15) is 0 Å². The number of hydrogen-bond acceptors (Lipinski definition) is 6. The van der Waals surface area contributed by atoms with Gasteiger partial charge in [0.2, 0.25) is 5.78 Å². The molecule has 0 aliphatic heterocycles. The molecule has 1 aromatic carbocycles. The first-order valence-corrected chi connectivity index (χ1v) is 10.3. The Hall–Kier alpha value is -3.84. The SMILES string of the molecule is Cc1cc(N)nc(C)c1CNC(=O)c1ccnc(C(=O)c2ccc3ncc(Cl)cc3c2)c1. The number of nitrogen functional groups attached to an aromatic ring is 1. The Morgan fingerprint density at radius 3 is 2.62 bits per heavy atom. The number of anilines is 1. The van der Waals surface area contributed by atoms with E-state index in [1.807, 2.05) is 13.8 Å². The quantitative estimate of drug-likeness (QED) is 0.448. The Labute approximate surface area is 189 Å². The molecule has 7 nitrogen and oxygen atoms in total. The largest absolute Gasteiger partial charge is 0.384 e. The second-order valence-electron chi connectivity index (χ2n) is 7.43. The van der Waals surface area contributed by atoms with Crippen LogP contribution in [0.1, 0.15) is 43.2 Å². The van der Waals surface area contributed by atoms with Crippen LogP contribution in [0.15, 0.2) is 54.9 Å². The summed E-state index contributed by atoms with van der Waals surface area (Å²) in [5, 5.41) is 4.11. The molecular weight excluding hydrogens is 426 g/mol. The molecule has 0 radical (unpaired) electrons. The van der Waals surface area contributed by atoms with Crippen molar-refractivity contribution in [3.63, 3.8) is 0 Å². The first-order valence-electron chi connectivity index (χ1n) is 9.88. The number of ketones is 1. The van der Waals surface area contributed by atoms with Gasteiger partial charge >= 0.3 is 0 Å². The minimum Gasteiger partial charge on any atom is -0.384 e. The highest BCUT2D eigenvalue weighted by molar-refractivity contribution is 6.31. The molecule has 0 fully saturated rings. The van der Waals surface area contributed by atoms with Crippen LogP contribution in [0.5, 0.6) is 0 Å². The van der Waals surface area contributed by atoms with Crippen LogP contribution in [0, 0.1) is 13.8 Å². The summed E-state index contributed by atoms with van der Waals surface area (Å²) >= 11 is 6.01. The van der Waals surface area contributed by atoms with E-state index in [4.69, 9.17) is 17.3 Å². The minimum absolute atomic E-state index is 0.175. The highest BCUT2D eigenvalue weighted by atomic mass is 35.5. The van der Waals surface area contributed by atoms with E-state index in [1.165, 1.54) is 12.3 Å². The molecule has 0 saturated carbocycles. The first-order chi connectivity index (χ1) is 15.3. The van der Waals surface area contributed by atoms with Crippen molar-refractivity contribution < 1.29 is 9.59 Å². The van der Waals surface area contributed by atoms with Crippen molar-refractivity contribution in [1.29, 1.82) is 0 Å². The van der Waals surface area contributed by atoms with Gasteiger partial charge in [0.05, 0.1) is 10.5 Å². The second kappa shape index (κ2) is 8.72. The lowest BCUT2D eigenvalue weighted by Crippen LogP contribution is -2.24. The summed E-state index contributed by atoms with van der Waals surface area (Å²) < 4.78 is 0. The van der Waals surface area contributed by atoms with E-state index in [-0.39, 0.29) is 17.4 Å². The van der Waals surface area contributed by atoms with E-state index in [9.17, 15) is 9.59 Å². The Balaban J connectivity index is 1.54. The van der Waals surface area contributed by atoms with Gasteiger partial charge in [-0.05, 0) is 67.4 Å². The summed E-state index contributed by atoms with van der Waals surface area (Å²) in [5.74, 6) is -0.165. The monoisotopic (exact) mass is 445 g/mol. The molecule has 32 heavy (non-hydrogen) atoms. The molecule has 3 aromatic heterocycles. The third-order valence-corrected chi connectivity index (χ3v) is 5.37. The molecule has 8 heteroatoms. The molecule has 0 aliphatic carbocycles. The number of carbonyl (C=O) groups is 2. The summed E-state index contributed by atoms with van der Waals surface area (Å²) in [6.45, 7) is 4.07. The minimum atomic E-state index is -0.313. The molecule has 0 aliphatic rings. The maximum atomic E-state index is 13.0. The van der Waals surface area contributed by atoms with Crippen LogP contribution < -0.4 is 11.1 Å². The molecule has 0 bridgehead atoms. The lowest BCUT2D eigenvalue weighted by atomic mass is 10.0. The number of benzene rings is 1. The van der Waals surface area contributed by atoms with Crippen molar-refractivity contribution in [2.45, 2.75) is 20.4 Å². The van der Waals surface area contributed by atoms with Crippen LogP contribution in [0.25, 0.3) is 10.9 Å². The van der Waals surface area contributed by atoms with E-state index in [2.05, 4.69) is 20.3 Å². The zero-order valence-electron chi connectivity index (χ0n) is 17.5. The third-order valence-electron chi connectivity index (χ3n) is 5.16. The molecule has 3 N–H and O–H groups in total. The van der Waals surface area contributed by atoms with Crippen LogP contribution in [-0.4, -0.2) is 26.6 Å². The average molecular weight is 446 g/mol. The smallest absolute Gasteiger partial charge is 0.251 e. The van der Waals surface area contributed by atoms with Crippen molar-refractivity contribution in [2.24, 2.45) is 0 Å². The number of nitrogens with one attached hydrogen (secondary N) is 1. The van der Waals surface area contributed by atoms with Gasteiger partial charge in [0.1, 0.15) is 11.5 Å². The fraction of sp³-hybridized carbons (Fsp3) is 0.125. The molecule has 0 atom stereocenters. The van der Waals surface area contributed by atoms with Gasteiger partial charge in [0.15, 0.2) is 0 Å². The Kier molecular flexibility index (Phi) is 5.83. The Bertz CT molecular complexity index is 1350. The van der Waals surface area contributed by atoms with E-state index in [1.54, 1.807) is 42.6 Å². The predicted octanol–water partition coefficient (Wildman–Crippen LogP) is 4.04. The second-order valence-corrected chi connectivity index (χ2v) is 7.87. The number of nitrogens with two attached hydrogens (primary N) is 1. The van der Waals surface area contributed by atoms with Gasteiger partial charge in [0, 0.05) is 41.1 Å². The lowest BCUT2D eigenvalue weighted by molar-refractivity contribution is 0.0950. The van der Waals surface area contributed by atoms with Crippen LogP contribution in [0.4, 0.5) is 5.82 Å². The summed E-state index contributed by atoms with van der Waals surface area (Å²) in [5.41, 5.74) is 10.1. The number of rotatable bonds is 5. The van der Waals surface area contributed by atoms with Crippen molar-refractivity contribution in [1.82, 2.24) is 20.3 Å². The van der Waals surface area contributed by atoms with Crippen molar-refractivity contribution in [3.8, 4) is 0 Å². The van der Waals surface area contributed by atoms with Crippen LogP contribution in [-0.2, 0) is 6.54 Å². The molecule has 4 aromatic rings. The van der Waals surface area contributed by atoms with Gasteiger partial charge < -0.3 is 11.1 Å². The van der Waals surface area contributed by atoms with Crippen LogP contribution in [0.2, 0.25) is 5.02 Å². The van der Waals surface area contributed by atoms with Gasteiger partial charge in [-0.3, -0.25) is 19.6 Å². The summed E-state index contributed by atoms with van der Waals surface area (Å²) in [6.07, 6.45) is 3.00. The van der Waals surface area contributed by atoms with Crippen molar-refractivity contribution in [3.05, 3.63) is 93.5 Å². The molecule has 0 spiro atoms. The van der Waals surface area contributed by atoms with Gasteiger partial charge in [-0.1, -0.05) is 11.6 Å². The summed E-state index contributed by atoms with van der Waals surface area (Å²) in [7, 11) is 0. The fourth-order valence-electron chi connectivity index (χ4n) is 3.52. The van der Waals surface area contributed by atoms with Gasteiger partial charge in [-0.15, -0.1) is 0 Å². The molecule has 0 unspecified atom stereocenters. The number of pyridine rings is 3. The summed E-state index contributed by atoms with van der Waals surface area (Å²) in [6, 6.07) is 11.7. The zero-order chi connectivity index (χ0) is 22.8. The first kappa shape index (κ1) is 21.4. The molecular formula is C24H20ClN5O2. The summed E-state index contributed by atoms with van der Waals surface area (Å²) in [4.78, 5) is 38.3. The molecule has 0 saturated heterocycles. The number of aryl methyl sites for hydroxylation is 2. The number of nitrogens with zero attached hydrogens (tertiary/aromatic N) is 3. The Morgan fingerprint density at radius 1 is 1.03 bits per heavy atom. The fourth-order valence-corrected chi connectivity index (χ4v) is 3.68. The normalized spacial score (nSPS) is 10.8. The number of aromatic nitrogens is 3. The van der Waals surface area contributed by atoms with E-state index in [0.29, 0.717) is 28.5 Å². The number of fused-ring (bicyclic) bond motifs is 1. The Morgan fingerprint density at radius 2 is 1.84 bits per heavy atom. The predicted molar refractivity (Wildman–Crippen MR) is 124 cm³/mol. The molecule has 160 valence electrons. The third kappa shape index (κ3) is 4.43. The lowest BCUT2D eigenvalue weighted by Gasteiger charge is -2.12. The average Bonchev–Trinajstić information content (AvgIpc) is 2.77. The van der Waals surface area contributed by atoms with Crippen LogP contribution in [0.3, 0.4) is 0 Å². The highest BCUT2D eigenvalue weighted by Crippen LogP contribution is 2.20. The molecule has 1 amide bonds. The van der Waals surface area contributed by atoms with E-state index in [0.717, 1.165) is 27.7 Å². The highest BCUT2D eigenvalue weighted by Gasteiger charge is 2.15. The van der Waals surface area contributed by atoms with E-state index >= 15 is 0 Å².